The molecular formula is C21H27N5S. The third-order valence-electron chi connectivity index (χ3n) is 4.40. The molecule has 1 aliphatic carbocycles. The zero-order valence-corrected chi connectivity index (χ0v) is 16.7. The fourth-order valence-electron chi connectivity index (χ4n) is 3.02. The number of aromatic amines is 1. The van der Waals surface area contributed by atoms with Gasteiger partial charge in [0.2, 0.25) is 0 Å². The number of nitrogen functional groups attached to an aromatic ring is 1. The zero-order chi connectivity index (χ0) is 19.1. The number of nitrogens with one attached hydrogen (secondary N) is 2. The molecular weight excluding hydrogens is 354 g/mol. The average Bonchev–Trinajstić information content (AvgIpc) is 3.27. The Balaban J connectivity index is 0.000000299. The standard InChI is InChI=1S/C15H15N5S.C6H12/c1-10-7-15(20-19-10)18-14-9-12(8-13(16)17-14)21-11-5-3-2-4-6-11;1-6-4-2-3-5-6/h2-9H,1H3,(H4,16,17,18,19,20);6H,2-5H2,1H3. The maximum atomic E-state index is 5.88. The molecule has 1 aromatic carbocycles. The number of rotatable bonds is 4. The predicted octanol–water partition coefficient (Wildman–Crippen LogP) is 5.79. The summed E-state index contributed by atoms with van der Waals surface area (Å²) in [6, 6.07) is 15.9. The van der Waals surface area contributed by atoms with Gasteiger partial charge in [0.15, 0.2) is 5.82 Å². The van der Waals surface area contributed by atoms with Gasteiger partial charge in [-0.2, -0.15) is 5.10 Å². The molecule has 3 aromatic rings. The summed E-state index contributed by atoms with van der Waals surface area (Å²) in [5.41, 5.74) is 6.87. The van der Waals surface area contributed by atoms with Gasteiger partial charge in [-0.15, -0.1) is 0 Å². The average molecular weight is 382 g/mol. The monoisotopic (exact) mass is 381 g/mol. The normalized spacial score (nSPS) is 13.9. The summed E-state index contributed by atoms with van der Waals surface area (Å²) in [5, 5.41) is 10.2. The number of hydrogen-bond acceptors (Lipinski definition) is 5. The van der Waals surface area contributed by atoms with E-state index in [0.717, 1.165) is 27.2 Å². The second kappa shape index (κ2) is 9.46. The molecule has 1 saturated carbocycles. The summed E-state index contributed by atoms with van der Waals surface area (Å²) in [6.45, 7) is 4.29. The lowest BCUT2D eigenvalue weighted by Crippen LogP contribution is -1.98. The Hall–Kier alpha value is -2.47. The van der Waals surface area contributed by atoms with Gasteiger partial charge in [0.1, 0.15) is 11.6 Å². The highest BCUT2D eigenvalue weighted by Gasteiger charge is 2.07. The predicted molar refractivity (Wildman–Crippen MR) is 113 cm³/mol. The second-order valence-electron chi connectivity index (χ2n) is 6.98. The Labute approximate surface area is 165 Å². The van der Waals surface area contributed by atoms with Crippen LogP contribution in [0, 0.1) is 12.8 Å². The minimum atomic E-state index is 0.477. The molecule has 0 saturated heterocycles. The number of benzene rings is 1. The highest BCUT2D eigenvalue weighted by molar-refractivity contribution is 7.99. The molecule has 0 bridgehead atoms. The van der Waals surface area contributed by atoms with Crippen LogP contribution in [0.1, 0.15) is 38.3 Å². The third kappa shape index (κ3) is 6.32. The number of pyridine rings is 1. The first kappa shape index (κ1) is 19.3. The zero-order valence-electron chi connectivity index (χ0n) is 15.9. The van der Waals surface area contributed by atoms with Crippen molar-refractivity contribution in [2.45, 2.75) is 49.3 Å². The molecule has 0 spiro atoms. The quantitative estimate of drug-likeness (QED) is 0.533. The van der Waals surface area contributed by atoms with E-state index in [2.05, 4.69) is 39.6 Å². The van der Waals surface area contributed by atoms with Gasteiger partial charge in [0.25, 0.3) is 0 Å². The van der Waals surface area contributed by atoms with E-state index in [0.29, 0.717) is 11.6 Å². The molecule has 4 rings (SSSR count). The SMILES string of the molecule is CC1CCCC1.Cc1cc(Nc2cc(Sc3ccccc3)cc(N)n2)n[nH]1. The summed E-state index contributed by atoms with van der Waals surface area (Å²) in [6.07, 6.45) is 5.95. The molecule has 6 heteroatoms. The number of hydrogen-bond donors (Lipinski definition) is 3. The summed E-state index contributed by atoms with van der Waals surface area (Å²) in [7, 11) is 0. The lowest BCUT2D eigenvalue weighted by Gasteiger charge is -2.07. The lowest BCUT2D eigenvalue weighted by atomic mass is 10.2. The summed E-state index contributed by atoms with van der Waals surface area (Å²) < 4.78 is 0. The molecule has 5 nitrogen and oxygen atoms in total. The van der Waals surface area contributed by atoms with Crippen molar-refractivity contribution >= 4 is 29.2 Å². The van der Waals surface area contributed by atoms with Gasteiger partial charge < -0.3 is 11.1 Å². The van der Waals surface area contributed by atoms with Gasteiger partial charge in [-0.25, -0.2) is 4.98 Å². The van der Waals surface area contributed by atoms with Crippen molar-refractivity contribution < 1.29 is 0 Å². The Morgan fingerprint density at radius 1 is 1.04 bits per heavy atom. The Morgan fingerprint density at radius 2 is 1.78 bits per heavy atom. The van der Waals surface area contributed by atoms with Crippen molar-refractivity contribution in [2.75, 3.05) is 11.1 Å². The maximum Gasteiger partial charge on any atom is 0.153 e. The molecule has 0 aliphatic heterocycles. The number of H-pyrrole nitrogens is 1. The Bertz CT molecular complexity index is 841. The van der Waals surface area contributed by atoms with E-state index < -0.39 is 0 Å². The summed E-state index contributed by atoms with van der Waals surface area (Å²) >= 11 is 1.64. The molecule has 0 amide bonds. The van der Waals surface area contributed by atoms with Crippen LogP contribution in [-0.4, -0.2) is 15.2 Å². The maximum absolute atomic E-state index is 5.88. The molecule has 1 aliphatic rings. The van der Waals surface area contributed by atoms with E-state index in [4.69, 9.17) is 5.73 Å². The van der Waals surface area contributed by atoms with Gasteiger partial charge in [0.05, 0.1) is 0 Å². The van der Waals surface area contributed by atoms with Gasteiger partial charge in [-0.1, -0.05) is 62.6 Å². The van der Waals surface area contributed by atoms with E-state index in [1.165, 1.54) is 25.7 Å². The van der Waals surface area contributed by atoms with Crippen LogP contribution >= 0.6 is 11.8 Å². The molecule has 27 heavy (non-hydrogen) atoms. The van der Waals surface area contributed by atoms with Crippen molar-refractivity contribution in [1.29, 1.82) is 0 Å². The highest BCUT2D eigenvalue weighted by Crippen LogP contribution is 2.30. The van der Waals surface area contributed by atoms with Gasteiger partial charge in [0, 0.05) is 21.6 Å². The first-order valence-electron chi connectivity index (χ1n) is 9.38. The summed E-state index contributed by atoms with van der Waals surface area (Å²) in [5.74, 6) is 2.93. The minimum Gasteiger partial charge on any atom is -0.384 e. The fourth-order valence-corrected chi connectivity index (χ4v) is 3.93. The first-order valence-corrected chi connectivity index (χ1v) is 10.2. The van der Waals surface area contributed by atoms with Crippen molar-refractivity contribution in [2.24, 2.45) is 5.92 Å². The molecule has 4 N–H and O–H groups in total. The lowest BCUT2D eigenvalue weighted by molar-refractivity contribution is 0.612. The van der Waals surface area contributed by atoms with Crippen LogP contribution in [0.2, 0.25) is 0 Å². The number of anilines is 3. The number of nitrogens with two attached hydrogens (primary N) is 1. The molecule has 142 valence electrons. The van der Waals surface area contributed by atoms with Crippen LogP contribution in [0.3, 0.4) is 0 Å². The van der Waals surface area contributed by atoms with E-state index >= 15 is 0 Å². The summed E-state index contributed by atoms with van der Waals surface area (Å²) in [4.78, 5) is 6.47. The second-order valence-corrected chi connectivity index (χ2v) is 8.13. The van der Waals surface area contributed by atoms with Crippen molar-refractivity contribution in [3.63, 3.8) is 0 Å². The molecule has 2 aromatic heterocycles. The molecule has 0 atom stereocenters. The molecule has 2 heterocycles. The smallest absolute Gasteiger partial charge is 0.153 e. The van der Waals surface area contributed by atoms with Crippen LogP contribution in [0.4, 0.5) is 17.5 Å². The van der Waals surface area contributed by atoms with Crippen LogP contribution in [0.5, 0.6) is 0 Å². The number of aryl methyl sites for hydroxylation is 1. The minimum absolute atomic E-state index is 0.477. The number of aromatic nitrogens is 3. The molecule has 0 radical (unpaired) electrons. The Morgan fingerprint density at radius 3 is 2.37 bits per heavy atom. The van der Waals surface area contributed by atoms with Crippen molar-refractivity contribution in [1.82, 2.24) is 15.2 Å². The van der Waals surface area contributed by atoms with Crippen LogP contribution < -0.4 is 11.1 Å². The van der Waals surface area contributed by atoms with Gasteiger partial charge in [-0.05, 0) is 37.1 Å². The topological polar surface area (TPSA) is 79.6 Å². The largest absolute Gasteiger partial charge is 0.384 e. The van der Waals surface area contributed by atoms with Gasteiger partial charge in [-0.3, -0.25) is 5.10 Å². The van der Waals surface area contributed by atoms with E-state index in [1.807, 2.05) is 43.3 Å². The fraction of sp³-hybridized carbons (Fsp3) is 0.333. The first-order chi connectivity index (χ1) is 13.1. The molecule has 0 unspecified atom stereocenters. The van der Waals surface area contributed by atoms with Crippen LogP contribution in [0.25, 0.3) is 0 Å². The van der Waals surface area contributed by atoms with E-state index in [-0.39, 0.29) is 0 Å². The Kier molecular flexibility index (Phi) is 6.76. The van der Waals surface area contributed by atoms with E-state index in [1.54, 1.807) is 11.8 Å². The van der Waals surface area contributed by atoms with Crippen LogP contribution in [-0.2, 0) is 0 Å². The van der Waals surface area contributed by atoms with Crippen LogP contribution in [0.15, 0.2) is 58.3 Å². The van der Waals surface area contributed by atoms with Crippen molar-refractivity contribution in [3.05, 3.63) is 54.2 Å². The van der Waals surface area contributed by atoms with E-state index in [9.17, 15) is 0 Å². The van der Waals surface area contributed by atoms with Gasteiger partial charge >= 0.3 is 0 Å². The third-order valence-corrected chi connectivity index (χ3v) is 5.38. The highest BCUT2D eigenvalue weighted by atomic mass is 32.2. The molecule has 1 fully saturated rings. The van der Waals surface area contributed by atoms with Crippen molar-refractivity contribution in [3.8, 4) is 0 Å². The number of nitrogens with zero attached hydrogens (tertiary/aromatic N) is 2.